The van der Waals surface area contributed by atoms with E-state index in [9.17, 15) is 4.79 Å². The number of rotatable bonds is 4. The summed E-state index contributed by atoms with van der Waals surface area (Å²) < 4.78 is 0. The largest absolute Gasteiger partial charge is 0.300 e. The molecular formula is C24H30OSi. The third kappa shape index (κ3) is 3.76. The van der Waals surface area contributed by atoms with E-state index in [1.54, 1.807) is 0 Å². The number of allylic oxidation sites excluding steroid dienone is 1. The Kier molecular flexibility index (Phi) is 5.62. The number of ketones is 1. The number of carbonyl (C=O) groups excluding carboxylic acids is 1. The van der Waals surface area contributed by atoms with Crippen LogP contribution in [0, 0.1) is 5.92 Å². The molecule has 1 atom stereocenters. The number of benzene rings is 2. The molecule has 0 N–H and O–H groups in total. The first kappa shape index (κ1) is 18.8. The van der Waals surface area contributed by atoms with E-state index in [4.69, 9.17) is 0 Å². The Labute approximate surface area is 159 Å². The summed E-state index contributed by atoms with van der Waals surface area (Å²) in [6.45, 7) is 7.11. The van der Waals surface area contributed by atoms with Gasteiger partial charge in [-0.2, -0.15) is 0 Å². The predicted octanol–water partition coefficient (Wildman–Crippen LogP) is 4.90. The zero-order valence-electron chi connectivity index (χ0n) is 16.2. The maximum Gasteiger partial charge on any atom is 0.146 e. The number of carbonyl (C=O) groups is 1. The Morgan fingerprint density at radius 3 is 1.92 bits per heavy atom. The summed E-state index contributed by atoms with van der Waals surface area (Å²) in [5.41, 5.74) is 2.53. The molecule has 1 nitrogen and oxygen atoms in total. The first-order valence-electron chi connectivity index (χ1n) is 9.75. The SMILES string of the molecule is CC(C)(C)[Si](/C=C\C1CCCC(=O)C1)(c1ccccc1)c1ccccc1. The van der Waals surface area contributed by atoms with Gasteiger partial charge in [0.1, 0.15) is 13.9 Å². The second-order valence-corrected chi connectivity index (χ2v) is 13.1. The van der Waals surface area contributed by atoms with Crippen LogP contribution >= 0.6 is 0 Å². The first-order valence-corrected chi connectivity index (χ1v) is 11.8. The lowest BCUT2D eigenvalue weighted by Crippen LogP contribution is -2.63. The normalized spacial score (nSPS) is 19.0. The van der Waals surface area contributed by atoms with Crippen LogP contribution in [-0.2, 0) is 4.79 Å². The van der Waals surface area contributed by atoms with Gasteiger partial charge in [0.05, 0.1) is 0 Å². The van der Waals surface area contributed by atoms with Gasteiger partial charge < -0.3 is 0 Å². The molecular weight excluding hydrogens is 332 g/mol. The van der Waals surface area contributed by atoms with E-state index in [0.29, 0.717) is 18.1 Å². The van der Waals surface area contributed by atoms with Gasteiger partial charge in [0, 0.05) is 12.8 Å². The van der Waals surface area contributed by atoms with Crippen LogP contribution in [0.15, 0.2) is 72.4 Å². The second-order valence-electron chi connectivity index (χ2n) is 8.54. The quantitative estimate of drug-likeness (QED) is 0.707. The zero-order valence-corrected chi connectivity index (χ0v) is 17.2. The van der Waals surface area contributed by atoms with Crippen LogP contribution in [0.2, 0.25) is 5.04 Å². The van der Waals surface area contributed by atoms with Gasteiger partial charge in [0.25, 0.3) is 0 Å². The van der Waals surface area contributed by atoms with E-state index >= 15 is 0 Å². The molecule has 1 aliphatic carbocycles. The van der Waals surface area contributed by atoms with Crippen molar-refractivity contribution in [3.8, 4) is 0 Å². The molecule has 0 aromatic heterocycles. The average Bonchev–Trinajstić information content (AvgIpc) is 2.63. The number of Topliss-reactive ketones (excluding diaryl/α,β-unsaturated/α-hetero) is 1. The highest BCUT2D eigenvalue weighted by Gasteiger charge is 2.45. The van der Waals surface area contributed by atoms with Crippen LogP contribution in [-0.4, -0.2) is 13.9 Å². The highest BCUT2D eigenvalue weighted by atomic mass is 28.3. The Hall–Kier alpha value is -1.93. The molecule has 0 radical (unpaired) electrons. The Morgan fingerprint density at radius 2 is 1.46 bits per heavy atom. The van der Waals surface area contributed by atoms with Crippen LogP contribution < -0.4 is 10.4 Å². The van der Waals surface area contributed by atoms with Crippen molar-refractivity contribution in [1.82, 2.24) is 0 Å². The molecule has 1 aliphatic rings. The van der Waals surface area contributed by atoms with E-state index in [-0.39, 0.29) is 5.04 Å². The highest BCUT2D eigenvalue weighted by Crippen LogP contribution is 2.37. The topological polar surface area (TPSA) is 17.1 Å². The molecule has 2 aromatic carbocycles. The van der Waals surface area contributed by atoms with Crippen LogP contribution in [0.25, 0.3) is 0 Å². The smallest absolute Gasteiger partial charge is 0.146 e. The molecule has 0 heterocycles. The van der Waals surface area contributed by atoms with E-state index < -0.39 is 8.07 Å². The summed E-state index contributed by atoms with van der Waals surface area (Å²) >= 11 is 0. The van der Waals surface area contributed by atoms with Crippen molar-refractivity contribution in [3.05, 3.63) is 72.4 Å². The second kappa shape index (κ2) is 7.75. The summed E-state index contributed by atoms with van der Waals surface area (Å²) in [6.07, 6.45) is 6.04. The Bertz CT molecular complexity index is 716. The maximum atomic E-state index is 11.9. The third-order valence-corrected chi connectivity index (χ3v) is 11.3. The lowest BCUT2D eigenvalue weighted by atomic mass is 9.89. The molecule has 0 bridgehead atoms. The summed E-state index contributed by atoms with van der Waals surface area (Å²) in [7, 11) is -2.15. The van der Waals surface area contributed by atoms with Crippen molar-refractivity contribution in [1.29, 1.82) is 0 Å². The molecule has 3 rings (SSSR count). The van der Waals surface area contributed by atoms with Gasteiger partial charge in [-0.1, -0.05) is 93.2 Å². The van der Waals surface area contributed by atoms with E-state index in [2.05, 4.69) is 93.2 Å². The van der Waals surface area contributed by atoms with Crippen LogP contribution in [0.3, 0.4) is 0 Å². The minimum absolute atomic E-state index is 0.130. The van der Waals surface area contributed by atoms with Gasteiger partial charge in [-0.15, -0.1) is 0 Å². The predicted molar refractivity (Wildman–Crippen MR) is 114 cm³/mol. The summed E-state index contributed by atoms with van der Waals surface area (Å²) in [5.74, 6) is 0.825. The van der Waals surface area contributed by atoms with E-state index in [0.717, 1.165) is 19.3 Å². The molecule has 26 heavy (non-hydrogen) atoms. The minimum atomic E-state index is -2.15. The molecule has 0 aliphatic heterocycles. The lowest BCUT2D eigenvalue weighted by Gasteiger charge is -2.42. The van der Waals surface area contributed by atoms with Crippen LogP contribution in [0.1, 0.15) is 46.5 Å². The van der Waals surface area contributed by atoms with Crippen molar-refractivity contribution < 1.29 is 4.79 Å². The molecule has 0 saturated heterocycles. The Balaban J connectivity index is 2.13. The molecule has 2 aromatic rings. The van der Waals surface area contributed by atoms with E-state index in [1.165, 1.54) is 10.4 Å². The fourth-order valence-corrected chi connectivity index (χ4v) is 9.33. The fourth-order valence-electron chi connectivity index (χ4n) is 4.38. The minimum Gasteiger partial charge on any atom is -0.300 e. The standard InChI is InChI=1S/C24H30OSi/c1-24(2,3)26(22-13-6-4-7-14-22,23-15-8-5-9-16-23)18-17-20-11-10-12-21(25)19-20/h4-9,13-18,20H,10-12,19H2,1-3H3/b18-17-. The van der Waals surface area contributed by atoms with E-state index in [1.807, 2.05) is 0 Å². The van der Waals surface area contributed by atoms with Gasteiger partial charge in [-0.3, -0.25) is 4.79 Å². The molecule has 136 valence electrons. The zero-order chi connectivity index (χ0) is 18.6. The van der Waals surface area contributed by atoms with Crippen molar-refractivity contribution in [2.75, 3.05) is 0 Å². The molecule has 1 unspecified atom stereocenters. The first-order chi connectivity index (χ1) is 12.4. The van der Waals surface area contributed by atoms with Crippen molar-refractivity contribution in [2.45, 2.75) is 51.5 Å². The van der Waals surface area contributed by atoms with Crippen molar-refractivity contribution in [3.63, 3.8) is 0 Å². The van der Waals surface area contributed by atoms with Gasteiger partial charge in [0.2, 0.25) is 0 Å². The highest BCUT2D eigenvalue weighted by molar-refractivity contribution is 7.07. The molecule has 2 heteroatoms. The maximum absolute atomic E-state index is 11.9. The molecule has 1 saturated carbocycles. The summed E-state index contributed by atoms with van der Waals surface area (Å²) in [4.78, 5) is 11.9. The monoisotopic (exact) mass is 362 g/mol. The van der Waals surface area contributed by atoms with Crippen LogP contribution in [0.5, 0.6) is 0 Å². The summed E-state index contributed by atoms with van der Waals surface area (Å²) in [6, 6.07) is 22.0. The molecule has 0 spiro atoms. The molecule has 0 amide bonds. The van der Waals surface area contributed by atoms with Crippen molar-refractivity contribution in [2.24, 2.45) is 5.92 Å². The van der Waals surface area contributed by atoms with Crippen molar-refractivity contribution >= 4 is 24.2 Å². The van der Waals surface area contributed by atoms with Gasteiger partial charge in [-0.05, 0) is 34.2 Å². The Morgan fingerprint density at radius 1 is 0.923 bits per heavy atom. The fraction of sp³-hybridized carbons (Fsp3) is 0.375. The summed E-state index contributed by atoms with van der Waals surface area (Å²) in [5, 5.41) is 3.01. The van der Waals surface area contributed by atoms with Gasteiger partial charge in [-0.25, -0.2) is 0 Å². The number of hydrogen-bond acceptors (Lipinski definition) is 1. The van der Waals surface area contributed by atoms with Gasteiger partial charge in [0.15, 0.2) is 0 Å². The molecule has 1 fully saturated rings. The number of hydrogen-bond donors (Lipinski definition) is 0. The lowest BCUT2D eigenvalue weighted by molar-refractivity contribution is -0.121. The van der Waals surface area contributed by atoms with Gasteiger partial charge >= 0.3 is 0 Å². The average molecular weight is 363 g/mol. The van der Waals surface area contributed by atoms with Crippen LogP contribution in [0.4, 0.5) is 0 Å². The third-order valence-electron chi connectivity index (χ3n) is 5.78.